The number of aromatic nitrogens is 1. The Bertz CT molecular complexity index is 1680. The van der Waals surface area contributed by atoms with Crippen LogP contribution in [0.25, 0.3) is 0 Å². The number of hydrogen-bond acceptors (Lipinski definition) is 6. The highest BCUT2D eigenvalue weighted by molar-refractivity contribution is 7.17. The van der Waals surface area contributed by atoms with Crippen LogP contribution in [-0.2, 0) is 4.79 Å². The topological polar surface area (TPSA) is 134 Å². The van der Waals surface area contributed by atoms with Gasteiger partial charge in [0, 0.05) is 27.4 Å². The SMILES string of the molecule is CC(=N)N1C(=N)[C@H](CC(=O)NCC#Cc2ccc(C#CCCCCCCN)[nH]2)N=C(c2ccc(Cl)cc2)c2c1sc(C)c2C. The number of H-pyrrole nitrogens is 1. The zero-order valence-corrected chi connectivity index (χ0v) is 26.9. The molecule has 228 valence electrons. The van der Waals surface area contributed by atoms with E-state index in [1.165, 1.54) is 11.3 Å². The van der Waals surface area contributed by atoms with E-state index < -0.39 is 6.04 Å². The monoisotopic (exact) mass is 627 g/mol. The van der Waals surface area contributed by atoms with E-state index in [0.29, 0.717) is 10.7 Å². The maximum atomic E-state index is 13.0. The third-order valence-electron chi connectivity index (χ3n) is 7.24. The predicted octanol–water partition coefficient (Wildman–Crippen LogP) is 6.17. The first kappa shape index (κ1) is 32.8. The van der Waals surface area contributed by atoms with E-state index in [-0.39, 0.29) is 30.5 Å². The number of fused-ring (bicyclic) bond motifs is 1. The van der Waals surface area contributed by atoms with Crippen LogP contribution in [0.5, 0.6) is 0 Å². The van der Waals surface area contributed by atoms with E-state index >= 15 is 0 Å². The van der Waals surface area contributed by atoms with E-state index in [0.717, 1.165) is 76.6 Å². The first-order chi connectivity index (χ1) is 21.2. The number of hydrogen-bond donors (Lipinski definition) is 5. The minimum absolute atomic E-state index is 0.0528. The average Bonchev–Trinajstić information content (AvgIpc) is 3.53. The van der Waals surface area contributed by atoms with E-state index in [2.05, 4.69) is 34.0 Å². The van der Waals surface area contributed by atoms with Gasteiger partial charge in [0.15, 0.2) is 0 Å². The van der Waals surface area contributed by atoms with Crippen LogP contribution < -0.4 is 16.0 Å². The number of halogens is 1. The molecular weight excluding hydrogens is 590 g/mol. The molecule has 0 radical (unpaired) electrons. The lowest BCUT2D eigenvalue weighted by molar-refractivity contribution is -0.120. The molecule has 0 aliphatic carbocycles. The van der Waals surface area contributed by atoms with Crippen LogP contribution in [0.3, 0.4) is 0 Å². The molecule has 1 atom stereocenters. The van der Waals surface area contributed by atoms with Crippen molar-refractivity contribution in [1.82, 2.24) is 10.3 Å². The molecule has 1 amide bonds. The van der Waals surface area contributed by atoms with Crippen LogP contribution in [0, 0.1) is 48.3 Å². The smallest absolute Gasteiger partial charge is 0.223 e. The van der Waals surface area contributed by atoms with Crippen molar-refractivity contribution in [2.75, 3.05) is 18.0 Å². The number of nitrogens with two attached hydrogens (primary N) is 1. The largest absolute Gasteiger partial charge is 0.345 e. The third-order valence-corrected chi connectivity index (χ3v) is 8.69. The van der Waals surface area contributed by atoms with Crippen molar-refractivity contribution >= 4 is 51.2 Å². The molecule has 0 fully saturated rings. The Labute approximate surface area is 268 Å². The van der Waals surface area contributed by atoms with Gasteiger partial charge in [-0.1, -0.05) is 48.4 Å². The van der Waals surface area contributed by atoms with E-state index in [1.807, 2.05) is 38.1 Å². The Morgan fingerprint density at radius 1 is 1.09 bits per heavy atom. The average molecular weight is 628 g/mol. The van der Waals surface area contributed by atoms with Crippen molar-refractivity contribution in [3.05, 3.63) is 74.4 Å². The van der Waals surface area contributed by atoms with Crippen molar-refractivity contribution in [3.63, 3.8) is 0 Å². The van der Waals surface area contributed by atoms with Crippen molar-refractivity contribution in [1.29, 1.82) is 10.8 Å². The van der Waals surface area contributed by atoms with Gasteiger partial charge in [-0.15, -0.1) is 11.3 Å². The molecule has 3 aromatic rings. The number of carbonyl (C=O) groups excluding carboxylic acids is 1. The molecule has 0 saturated heterocycles. The summed E-state index contributed by atoms with van der Waals surface area (Å²) in [6.45, 7) is 6.58. The molecule has 3 heterocycles. The molecule has 8 nitrogen and oxygen atoms in total. The number of benzene rings is 1. The van der Waals surface area contributed by atoms with E-state index in [1.54, 1.807) is 24.0 Å². The highest BCUT2D eigenvalue weighted by Crippen LogP contribution is 2.40. The van der Waals surface area contributed by atoms with Gasteiger partial charge in [0.05, 0.1) is 30.1 Å². The number of carbonyl (C=O) groups is 1. The maximum Gasteiger partial charge on any atom is 0.223 e. The number of thiophene rings is 1. The number of amides is 1. The Morgan fingerprint density at radius 2 is 1.77 bits per heavy atom. The molecule has 4 rings (SSSR count). The summed E-state index contributed by atoms with van der Waals surface area (Å²) in [4.78, 5) is 23.9. The Hall–Kier alpha value is -4.15. The highest BCUT2D eigenvalue weighted by atomic mass is 35.5. The molecule has 44 heavy (non-hydrogen) atoms. The fraction of sp³-hybridized carbons (Fsp3) is 0.353. The normalized spacial score (nSPS) is 14.0. The fourth-order valence-corrected chi connectivity index (χ4v) is 6.18. The molecule has 1 aliphatic rings. The van der Waals surface area contributed by atoms with Crippen LogP contribution >= 0.6 is 22.9 Å². The van der Waals surface area contributed by atoms with Crippen LogP contribution in [-0.4, -0.2) is 47.4 Å². The summed E-state index contributed by atoms with van der Waals surface area (Å²) in [5, 5.41) is 21.7. The standard InChI is InChI=1S/C34H38ClN7OS/c1-22-23(2)44-34-31(22)32(25-13-15-26(35)16-14-25)41-29(33(38)42(34)24(3)37)21-30(43)39-20-10-12-28-18-17-27(40-28)11-8-6-4-5-7-9-19-36/h13-18,29,37-38,40H,4-7,9,19-21,36H2,1-3H3,(H,39,43)/t29-/m0/s1. The zero-order chi connectivity index (χ0) is 31.6. The molecule has 0 saturated carbocycles. The van der Waals surface area contributed by atoms with E-state index in [9.17, 15) is 4.79 Å². The number of aliphatic imine (C=N–C) groups is 1. The van der Waals surface area contributed by atoms with Gasteiger partial charge < -0.3 is 16.0 Å². The number of anilines is 1. The second-order valence-electron chi connectivity index (χ2n) is 10.6. The van der Waals surface area contributed by atoms with Gasteiger partial charge in [0.2, 0.25) is 5.91 Å². The van der Waals surface area contributed by atoms with Gasteiger partial charge in [-0.25, -0.2) is 0 Å². The van der Waals surface area contributed by atoms with Gasteiger partial charge in [-0.2, -0.15) is 0 Å². The number of amidine groups is 2. The molecule has 10 heteroatoms. The van der Waals surface area contributed by atoms with Gasteiger partial charge in [-0.3, -0.25) is 25.5 Å². The number of nitrogens with zero attached hydrogens (tertiary/aromatic N) is 2. The van der Waals surface area contributed by atoms with Gasteiger partial charge >= 0.3 is 0 Å². The van der Waals surface area contributed by atoms with Crippen LogP contribution in [0.4, 0.5) is 5.00 Å². The Morgan fingerprint density at radius 3 is 2.45 bits per heavy atom. The molecule has 0 unspecified atom stereocenters. The maximum absolute atomic E-state index is 13.0. The van der Waals surface area contributed by atoms with Crippen molar-refractivity contribution < 1.29 is 4.79 Å². The van der Waals surface area contributed by atoms with Gasteiger partial charge in [0.1, 0.15) is 22.7 Å². The fourth-order valence-electron chi connectivity index (χ4n) is 4.83. The summed E-state index contributed by atoms with van der Waals surface area (Å²) in [6.07, 6.45) is 5.23. The van der Waals surface area contributed by atoms with Crippen LogP contribution in [0.2, 0.25) is 5.02 Å². The minimum Gasteiger partial charge on any atom is -0.345 e. The number of aryl methyl sites for hydroxylation is 1. The number of unbranched alkanes of at least 4 members (excludes halogenated alkanes) is 4. The molecule has 0 spiro atoms. The van der Waals surface area contributed by atoms with Crippen molar-refractivity contribution in [2.45, 2.75) is 65.3 Å². The lowest BCUT2D eigenvalue weighted by atomic mass is 9.99. The molecule has 6 N–H and O–H groups in total. The third kappa shape index (κ3) is 8.27. The number of nitrogens with one attached hydrogen (secondary N) is 4. The van der Waals surface area contributed by atoms with Gasteiger partial charge in [-0.05, 0) is 81.8 Å². The summed E-state index contributed by atoms with van der Waals surface area (Å²) < 4.78 is 0. The molecule has 0 bridgehead atoms. The Balaban J connectivity index is 1.44. The predicted molar refractivity (Wildman–Crippen MR) is 183 cm³/mol. The molecule has 1 aromatic carbocycles. The van der Waals surface area contributed by atoms with Crippen LogP contribution in [0.1, 0.15) is 78.4 Å². The first-order valence-corrected chi connectivity index (χ1v) is 15.9. The van der Waals surface area contributed by atoms with Gasteiger partial charge in [0.25, 0.3) is 0 Å². The highest BCUT2D eigenvalue weighted by Gasteiger charge is 2.34. The summed E-state index contributed by atoms with van der Waals surface area (Å²) in [5.74, 6) is 12.3. The quantitative estimate of drug-likeness (QED) is 0.0841. The Kier molecular flexibility index (Phi) is 11.6. The lowest BCUT2D eigenvalue weighted by Gasteiger charge is -2.24. The molecule has 2 aromatic heterocycles. The molecule has 1 aliphatic heterocycles. The van der Waals surface area contributed by atoms with Crippen molar-refractivity contribution in [2.24, 2.45) is 10.7 Å². The van der Waals surface area contributed by atoms with Crippen molar-refractivity contribution in [3.8, 4) is 23.7 Å². The number of aromatic amines is 1. The minimum atomic E-state index is -0.793. The summed E-state index contributed by atoms with van der Waals surface area (Å²) in [7, 11) is 0. The zero-order valence-electron chi connectivity index (χ0n) is 25.4. The van der Waals surface area contributed by atoms with Crippen LogP contribution in [0.15, 0.2) is 41.4 Å². The summed E-state index contributed by atoms with van der Waals surface area (Å²) >= 11 is 7.69. The lowest BCUT2D eigenvalue weighted by Crippen LogP contribution is -2.42. The summed E-state index contributed by atoms with van der Waals surface area (Å²) in [5.41, 5.74) is 10.5. The summed E-state index contributed by atoms with van der Waals surface area (Å²) in [6, 6.07) is 10.4. The van der Waals surface area contributed by atoms with E-state index in [4.69, 9.17) is 33.1 Å². The second kappa shape index (κ2) is 15.5. The first-order valence-electron chi connectivity index (χ1n) is 14.7. The number of rotatable bonds is 9. The second-order valence-corrected chi connectivity index (χ2v) is 12.2. The molecular formula is C34H38ClN7OS.